The molecule has 137 valence electrons. The number of hydrogen-bond acceptors (Lipinski definition) is 5. The van der Waals surface area contributed by atoms with Crippen molar-refractivity contribution in [3.05, 3.63) is 43.7 Å². The van der Waals surface area contributed by atoms with E-state index >= 15 is 0 Å². The number of aryl methyl sites for hydroxylation is 1. The summed E-state index contributed by atoms with van der Waals surface area (Å²) in [5, 5.41) is 8.97. The monoisotopic (exact) mass is 442 g/mol. The summed E-state index contributed by atoms with van der Waals surface area (Å²) < 4.78 is 27.0. The van der Waals surface area contributed by atoms with Crippen molar-refractivity contribution < 1.29 is 51.1 Å². The first-order valence-electron chi connectivity index (χ1n) is 7.70. The first-order valence-corrected chi connectivity index (χ1v) is 9.14. The molecular formula is C16H23N3O4SY-2. The topological polar surface area (TPSA) is 90.0 Å². The molecule has 0 unspecified atom stereocenters. The van der Waals surface area contributed by atoms with Gasteiger partial charge in [0.2, 0.25) is 10.0 Å². The maximum atomic E-state index is 12.9. The number of benzene rings is 1. The molecule has 1 fully saturated rings. The molecule has 1 heterocycles. The number of nitrogens with zero attached hydrogens (tertiary/aromatic N) is 2. The molecule has 1 saturated heterocycles. The van der Waals surface area contributed by atoms with Gasteiger partial charge in [-0.25, -0.2) is 13.9 Å². The summed E-state index contributed by atoms with van der Waals surface area (Å²) in [6.07, 6.45) is 0.280. The van der Waals surface area contributed by atoms with Crippen molar-refractivity contribution in [3.8, 4) is 0 Å². The van der Waals surface area contributed by atoms with Crippen LogP contribution in [0.25, 0.3) is 0 Å². The van der Waals surface area contributed by atoms with Crippen LogP contribution in [0.4, 0.5) is 0 Å². The second kappa shape index (κ2) is 9.53. The Hall–Kier alpha value is -0.376. The van der Waals surface area contributed by atoms with Gasteiger partial charge in [-0.15, -0.1) is 13.1 Å². The fraction of sp³-hybridized carbons (Fsp3) is 0.438. The van der Waals surface area contributed by atoms with Crippen LogP contribution in [0.5, 0.6) is 0 Å². The van der Waals surface area contributed by atoms with Crippen molar-refractivity contribution in [1.29, 1.82) is 0 Å². The van der Waals surface area contributed by atoms with Crippen molar-refractivity contribution in [3.63, 3.8) is 0 Å². The molecule has 0 spiro atoms. The largest absolute Gasteiger partial charge is 0.359 e. The van der Waals surface area contributed by atoms with Gasteiger partial charge >= 0.3 is 0 Å². The molecule has 0 aliphatic carbocycles. The fourth-order valence-electron chi connectivity index (χ4n) is 2.95. The third-order valence-electron chi connectivity index (χ3n) is 4.36. The van der Waals surface area contributed by atoms with E-state index in [1.54, 1.807) is 17.6 Å². The van der Waals surface area contributed by atoms with E-state index in [1.165, 1.54) is 12.1 Å². The minimum Gasteiger partial charge on any atom is -0.359 e. The van der Waals surface area contributed by atoms with E-state index < -0.39 is 22.0 Å². The van der Waals surface area contributed by atoms with Gasteiger partial charge in [-0.1, -0.05) is 17.7 Å². The molecule has 2 atom stereocenters. The summed E-state index contributed by atoms with van der Waals surface area (Å²) in [6.45, 7) is 10.6. The van der Waals surface area contributed by atoms with E-state index in [9.17, 15) is 13.2 Å². The van der Waals surface area contributed by atoms with Crippen LogP contribution < -0.4 is 5.48 Å². The Bertz CT molecular complexity index is 677. The maximum Gasteiger partial charge on any atom is 0.261 e. The minimum atomic E-state index is -3.85. The predicted molar refractivity (Wildman–Crippen MR) is 89.5 cm³/mol. The van der Waals surface area contributed by atoms with Gasteiger partial charge in [0.05, 0.1) is 4.90 Å². The van der Waals surface area contributed by atoms with Crippen molar-refractivity contribution in [2.45, 2.75) is 30.3 Å². The molecule has 2 N–H and O–H groups in total. The summed E-state index contributed by atoms with van der Waals surface area (Å²) in [6, 6.07) is 5.31. The molecule has 0 bridgehead atoms. The van der Waals surface area contributed by atoms with Gasteiger partial charge in [0.25, 0.3) is 5.91 Å². The van der Waals surface area contributed by atoms with Crippen molar-refractivity contribution >= 4 is 15.9 Å². The molecule has 7 nitrogen and oxygen atoms in total. The van der Waals surface area contributed by atoms with Crippen LogP contribution in [0.1, 0.15) is 12.0 Å². The molecule has 1 radical (unpaired) electrons. The maximum absolute atomic E-state index is 12.9. The van der Waals surface area contributed by atoms with Gasteiger partial charge in [0, 0.05) is 45.3 Å². The molecule has 1 aromatic carbocycles. The Morgan fingerprint density at radius 2 is 1.88 bits per heavy atom. The van der Waals surface area contributed by atoms with E-state index in [0.717, 1.165) is 9.87 Å². The fourth-order valence-corrected chi connectivity index (χ4v) is 4.59. The molecule has 2 rings (SSSR count). The zero-order valence-electron chi connectivity index (χ0n) is 14.3. The van der Waals surface area contributed by atoms with Gasteiger partial charge in [-0.3, -0.25) is 10.0 Å². The Morgan fingerprint density at radius 3 is 2.36 bits per heavy atom. The number of nitrogens with one attached hydrogen (secondary N) is 1. The minimum absolute atomic E-state index is 0. The summed E-state index contributed by atoms with van der Waals surface area (Å²) in [7, 11) is -3.85. The second-order valence-electron chi connectivity index (χ2n) is 5.81. The van der Waals surface area contributed by atoms with Crippen LogP contribution in [0.2, 0.25) is 0 Å². The van der Waals surface area contributed by atoms with Crippen molar-refractivity contribution in [2.75, 3.05) is 19.6 Å². The van der Waals surface area contributed by atoms with Gasteiger partial charge in [0.1, 0.15) is 6.04 Å². The van der Waals surface area contributed by atoms with Gasteiger partial charge in [0.15, 0.2) is 0 Å². The number of sulfonamides is 1. The molecule has 0 aromatic heterocycles. The smallest absolute Gasteiger partial charge is 0.261 e. The summed E-state index contributed by atoms with van der Waals surface area (Å²) >= 11 is 0. The zero-order valence-corrected chi connectivity index (χ0v) is 17.9. The summed E-state index contributed by atoms with van der Waals surface area (Å²) in [5.74, 6) is -0.735. The van der Waals surface area contributed by atoms with Crippen molar-refractivity contribution in [1.82, 2.24) is 14.7 Å². The van der Waals surface area contributed by atoms with E-state index in [0.29, 0.717) is 13.1 Å². The third kappa shape index (κ3) is 4.87. The molecule has 9 heteroatoms. The first kappa shape index (κ1) is 22.7. The second-order valence-corrected chi connectivity index (χ2v) is 7.70. The average molecular weight is 442 g/mol. The molecule has 1 aromatic rings. The summed E-state index contributed by atoms with van der Waals surface area (Å²) in [4.78, 5) is 14.0. The van der Waals surface area contributed by atoms with Crippen LogP contribution in [0.15, 0.2) is 29.2 Å². The molecular weight excluding hydrogens is 419 g/mol. The Balaban J connectivity index is 0.00000312. The van der Waals surface area contributed by atoms with Gasteiger partial charge in [-0.05, 0) is 25.5 Å². The van der Waals surface area contributed by atoms with Crippen LogP contribution >= 0.6 is 0 Å². The molecule has 1 aliphatic heterocycles. The Morgan fingerprint density at radius 1 is 1.32 bits per heavy atom. The van der Waals surface area contributed by atoms with E-state index in [1.807, 2.05) is 11.8 Å². The number of amides is 1. The van der Waals surface area contributed by atoms with E-state index in [4.69, 9.17) is 5.21 Å². The zero-order chi connectivity index (χ0) is 17.9. The van der Waals surface area contributed by atoms with E-state index in [-0.39, 0.29) is 56.6 Å². The predicted octanol–water partition coefficient (Wildman–Crippen LogP) is 0.600. The van der Waals surface area contributed by atoms with Crippen LogP contribution in [0, 0.1) is 20.8 Å². The van der Waals surface area contributed by atoms with E-state index in [2.05, 4.69) is 13.8 Å². The van der Waals surface area contributed by atoms with Gasteiger partial charge in [-0.2, -0.15) is 4.31 Å². The van der Waals surface area contributed by atoms with Crippen LogP contribution in [-0.2, 0) is 47.5 Å². The molecule has 25 heavy (non-hydrogen) atoms. The number of carbonyl (C=O) groups excluding carboxylic acids is 1. The normalized spacial score (nSPS) is 21.2. The number of rotatable bonds is 6. The molecule has 0 saturated carbocycles. The number of hydroxylamine groups is 1. The number of carbonyl (C=O) groups is 1. The summed E-state index contributed by atoms with van der Waals surface area (Å²) in [5.41, 5.74) is 2.51. The Labute approximate surface area is 174 Å². The average Bonchev–Trinajstić information content (AvgIpc) is 3.01. The van der Waals surface area contributed by atoms with Gasteiger partial charge < -0.3 is 18.7 Å². The number of hydrogen-bond donors (Lipinski definition) is 2. The quantitative estimate of drug-likeness (QED) is 0.383. The standard InChI is InChI=1S/C16H23N3O4S.Y/c1-4-18(5-2)13-10-15(16(20)17-21)19(11-13)24(22,23)14-8-6-12(3)7-9-14;/h6-9,13,15,21H,1-2,4-5,10-11H2,3H3,(H,17,20);/q-2;/t13-,15+;/m0./s1. The molecule has 1 aliphatic rings. The van der Waals surface area contributed by atoms with Crippen molar-refractivity contribution in [2.24, 2.45) is 0 Å². The first-order chi connectivity index (χ1) is 11.3. The SMILES string of the molecule is [CH2-]CN(C[CH2-])[C@H]1C[C@H](C(=O)NO)N(S(=O)(=O)c2ccc(C)cc2)C1.[Y]. The molecule has 1 amide bonds. The Kier molecular flexibility index (Phi) is 8.64. The third-order valence-corrected chi connectivity index (χ3v) is 6.25. The van der Waals surface area contributed by atoms with Crippen LogP contribution in [-0.4, -0.2) is 60.5 Å². The van der Waals surface area contributed by atoms with Crippen LogP contribution in [0.3, 0.4) is 0 Å².